The van der Waals surface area contributed by atoms with Gasteiger partial charge in [0.25, 0.3) is 0 Å². The Morgan fingerprint density at radius 3 is 2.72 bits per heavy atom. The molecule has 2 aromatic rings. The fourth-order valence-electron chi connectivity index (χ4n) is 3.20. The Hall–Kier alpha value is -2.43. The Labute approximate surface area is 148 Å². The van der Waals surface area contributed by atoms with Crippen molar-refractivity contribution in [3.05, 3.63) is 54.1 Å². The van der Waals surface area contributed by atoms with Gasteiger partial charge in [-0.2, -0.15) is 0 Å². The van der Waals surface area contributed by atoms with Crippen molar-refractivity contribution in [3.8, 4) is 5.75 Å². The van der Waals surface area contributed by atoms with Crippen LogP contribution in [0.5, 0.6) is 5.75 Å². The van der Waals surface area contributed by atoms with E-state index in [0.717, 1.165) is 49.1 Å². The van der Waals surface area contributed by atoms with E-state index in [1.807, 2.05) is 37.4 Å². The third-order valence-electron chi connectivity index (χ3n) is 4.65. The molecule has 0 saturated heterocycles. The number of ether oxygens (including phenoxy) is 1. The van der Waals surface area contributed by atoms with Crippen molar-refractivity contribution in [3.63, 3.8) is 0 Å². The van der Waals surface area contributed by atoms with Crippen molar-refractivity contribution in [2.24, 2.45) is 0 Å². The van der Waals surface area contributed by atoms with Crippen molar-refractivity contribution < 1.29 is 9.53 Å². The molecule has 0 bridgehead atoms. The Morgan fingerprint density at radius 1 is 1.20 bits per heavy atom. The number of aromatic nitrogens is 2. The molecule has 3 rings (SSSR count). The van der Waals surface area contributed by atoms with Crippen molar-refractivity contribution in [2.75, 3.05) is 0 Å². The lowest BCUT2D eigenvalue weighted by Crippen LogP contribution is -2.39. The summed E-state index contributed by atoms with van der Waals surface area (Å²) in [6.07, 6.45) is 10.6. The molecule has 2 aromatic heterocycles. The molecule has 132 valence electrons. The molecule has 0 radical (unpaired) electrons. The van der Waals surface area contributed by atoms with E-state index in [4.69, 9.17) is 4.74 Å². The summed E-state index contributed by atoms with van der Waals surface area (Å²) >= 11 is 0. The molecule has 0 unspecified atom stereocenters. The molecule has 0 aliphatic heterocycles. The van der Waals surface area contributed by atoms with E-state index in [2.05, 4.69) is 15.3 Å². The van der Waals surface area contributed by atoms with Crippen molar-refractivity contribution in [2.45, 2.75) is 57.6 Å². The van der Waals surface area contributed by atoms with E-state index in [1.165, 1.54) is 0 Å². The van der Waals surface area contributed by atoms with Gasteiger partial charge in [-0.3, -0.25) is 14.8 Å². The molecule has 2 heterocycles. The van der Waals surface area contributed by atoms with Crippen molar-refractivity contribution in [1.82, 2.24) is 15.3 Å². The van der Waals surface area contributed by atoms with E-state index < -0.39 is 0 Å². The van der Waals surface area contributed by atoms with Gasteiger partial charge < -0.3 is 10.1 Å². The lowest BCUT2D eigenvalue weighted by atomic mass is 9.92. The molecule has 1 N–H and O–H groups in total. The summed E-state index contributed by atoms with van der Waals surface area (Å²) in [5.41, 5.74) is 2.02. The molecule has 25 heavy (non-hydrogen) atoms. The minimum Gasteiger partial charge on any atom is -0.489 e. The number of pyridine rings is 2. The van der Waals surface area contributed by atoms with Gasteiger partial charge >= 0.3 is 0 Å². The Bertz CT molecular complexity index is 682. The van der Waals surface area contributed by atoms with Crippen LogP contribution < -0.4 is 10.1 Å². The number of nitrogens with zero attached hydrogens (tertiary/aromatic N) is 2. The quantitative estimate of drug-likeness (QED) is 0.877. The Balaban J connectivity index is 1.39. The molecule has 0 atom stereocenters. The normalized spacial score (nSPS) is 20.0. The van der Waals surface area contributed by atoms with Crippen LogP contribution in [0.1, 0.15) is 43.4 Å². The summed E-state index contributed by atoms with van der Waals surface area (Å²) in [6.45, 7) is 1.96. The van der Waals surface area contributed by atoms with E-state index in [-0.39, 0.29) is 18.1 Å². The molecular weight excluding hydrogens is 314 g/mol. The summed E-state index contributed by atoms with van der Waals surface area (Å²) in [5.74, 6) is 0.989. The first-order valence-corrected chi connectivity index (χ1v) is 8.97. The zero-order valence-electron chi connectivity index (χ0n) is 14.6. The average molecular weight is 339 g/mol. The van der Waals surface area contributed by atoms with Crippen LogP contribution >= 0.6 is 0 Å². The Kier molecular flexibility index (Phi) is 5.99. The van der Waals surface area contributed by atoms with Crippen LogP contribution in [0.25, 0.3) is 0 Å². The first-order valence-electron chi connectivity index (χ1n) is 8.97. The second-order valence-electron chi connectivity index (χ2n) is 6.61. The van der Waals surface area contributed by atoms with Gasteiger partial charge in [0, 0.05) is 31.1 Å². The van der Waals surface area contributed by atoms with Gasteiger partial charge in [-0.25, -0.2) is 0 Å². The molecule has 5 nitrogen and oxygen atoms in total. The second kappa shape index (κ2) is 8.60. The van der Waals surface area contributed by atoms with E-state index in [0.29, 0.717) is 6.42 Å². The predicted octanol–water partition coefficient (Wildman–Crippen LogP) is 3.22. The first-order chi connectivity index (χ1) is 12.2. The number of carbonyl (C=O) groups excluding carboxylic acids is 1. The van der Waals surface area contributed by atoms with Crippen LogP contribution in [0.15, 0.2) is 42.9 Å². The maximum atomic E-state index is 12.1. The molecule has 5 heteroatoms. The lowest BCUT2D eigenvalue weighted by Gasteiger charge is -2.29. The van der Waals surface area contributed by atoms with E-state index in [1.54, 1.807) is 12.4 Å². The number of hydrogen-bond donors (Lipinski definition) is 1. The van der Waals surface area contributed by atoms with Crippen LogP contribution in [0, 0.1) is 6.92 Å². The monoisotopic (exact) mass is 339 g/mol. The summed E-state index contributed by atoms with van der Waals surface area (Å²) < 4.78 is 6.06. The molecule has 1 amide bonds. The molecule has 1 fully saturated rings. The minimum absolute atomic E-state index is 0.122. The summed E-state index contributed by atoms with van der Waals surface area (Å²) in [5, 5.41) is 3.16. The maximum absolute atomic E-state index is 12.1. The number of nitrogens with one attached hydrogen (secondary N) is 1. The van der Waals surface area contributed by atoms with Gasteiger partial charge in [0.05, 0.1) is 11.8 Å². The number of hydrogen-bond acceptors (Lipinski definition) is 4. The maximum Gasteiger partial charge on any atom is 0.220 e. The zero-order valence-corrected chi connectivity index (χ0v) is 14.6. The highest BCUT2D eigenvalue weighted by Crippen LogP contribution is 2.25. The minimum atomic E-state index is 0.122. The van der Waals surface area contributed by atoms with Crippen LogP contribution in [0.2, 0.25) is 0 Å². The zero-order chi connectivity index (χ0) is 17.5. The van der Waals surface area contributed by atoms with Gasteiger partial charge in [-0.1, -0.05) is 6.07 Å². The Morgan fingerprint density at radius 2 is 2.00 bits per heavy atom. The highest BCUT2D eigenvalue weighted by atomic mass is 16.5. The van der Waals surface area contributed by atoms with Crippen LogP contribution in [0.4, 0.5) is 0 Å². The van der Waals surface area contributed by atoms with Gasteiger partial charge in [0.1, 0.15) is 5.75 Å². The first kappa shape index (κ1) is 17.4. The van der Waals surface area contributed by atoms with Crippen molar-refractivity contribution >= 4 is 5.91 Å². The van der Waals surface area contributed by atoms with E-state index in [9.17, 15) is 4.79 Å². The molecule has 0 spiro atoms. The molecule has 1 saturated carbocycles. The smallest absolute Gasteiger partial charge is 0.220 e. The molecule has 1 aliphatic rings. The van der Waals surface area contributed by atoms with Crippen LogP contribution in [-0.2, 0) is 11.2 Å². The topological polar surface area (TPSA) is 64.1 Å². The predicted molar refractivity (Wildman–Crippen MR) is 96.3 cm³/mol. The second-order valence-corrected chi connectivity index (χ2v) is 6.61. The fraction of sp³-hybridized carbons (Fsp3) is 0.450. The largest absolute Gasteiger partial charge is 0.489 e. The van der Waals surface area contributed by atoms with Gasteiger partial charge in [-0.05, 0) is 62.8 Å². The highest BCUT2D eigenvalue weighted by molar-refractivity contribution is 5.76. The third kappa shape index (κ3) is 5.28. The number of amides is 1. The van der Waals surface area contributed by atoms with Gasteiger partial charge in [0.2, 0.25) is 5.91 Å². The highest BCUT2D eigenvalue weighted by Gasteiger charge is 2.24. The standard InChI is InChI=1S/C20H25N3O2/c1-15-19(5-3-13-22-15)25-18-9-7-17(8-10-18)23-20(24)11-6-16-4-2-12-21-14-16/h2-5,12-14,17-18H,6-11H2,1H3,(H,23,24). The van der Waals surface area contributed by atoms with Crippen molar-refractivity contribution in [1.29, 1.82) is 0 Å². The SMILES string of the molecule is Cc1ncccc1OC1CCC(NC(=O)CCc2cccnc2)CC1. The molecule has 1 aliphatic carbocycles. The lowest BCUT2D eigenvalue weighted by molar-refractivity contribution is -0.122. The number of aryl methyl sites for hydroxylation is 2. The molecule has 0 aromatic carbocycles. The third-order valence-corrected chi connectivity index (χ3v) is 4.65. The summed E-state index contributed by atoms with van der Waals surface area (Å²) in [7, 11) is 0. The molecular formula is C20H25N3O2. The summed E-state index contributed by atoms with van der Waals surface area (Å²) in [4.78, 5) is 20.5. The average Bonchev–Trinajstić information content (AvgIpc) is 2.64. The van der Waals surface area contributed by atoms with Gasteiger partial charge in [0.15, 0.2) is 0 Å². The number of rotatable bonds is 6. The fourth-order valence-corrected chi connectivity index (χ4v) is 3.20. The summed E-state index contributed by atoms with van der Waals surface area (Å²) in [6, 6.07) is 8.03. The van der Waals surface area contributed by atoms with Crippen LogP contribution in [0.3, 0.4) is 0 Å². The number of carbonyl (C=O) groups is 1. The van der Waals surface area contributed by atoms with Gasteiger partial charge in [-0.15, -0.1) is 0 Å². The van der Waals surface area contributed by atoms with E-state index >= 15 is 0 Å². The van der Waals surface area contributed by atoms with Crippen LogP contribution in [-0.4, -0.2) is 28.0 Å².